The van der Waals surface area contributed by atoms with Crippen molar-refractivity contribution in [2.75, 3.05) is 16.7 Å². The largest absolute Gasteiger partial charge is 0.363 e. The summed E-state index contributed by atoms with van der Waals surface area (Å²) < 4.78 is 0. The van der Waals surface area contributed by atoms with Crippen molar-refractivity contribution in [3.8, 4) is 0 Å². The van der Waals surface area contributed by atoms with Gasteiger partial charge in [0.25, 0.3) is 0 Å². The lowest BCUT2D eigenvalue weighted by Gasteiger charge is -2.32. The van der Waals surface area contributed by atoms with Crippen molar-refractivity contribution in [2.45, 2.75) is 31.8 Å². The van der Waals surface area contributed by atoms with E-state index < -0.39 is 0 Å². The number of anilines is 1. The summed E-state index contributed by atoms with van der Waals surface area (Å²) in [6, 6.07) is 9.33. The molecule has 0 spiro atoms. The summed E-state index contributed by atoms with van der Waals surface area (Å²) in [7, 11) is 0. The highest BCUT2D eigenvalue weighted by Gasteiger charge is 2.32. The van der Waals surface area contributed by atoms with Crippen LogP contribution in [0.3, 0.4) is 0 Å². The summed E-state index contributed by atoms with van der Waals surface area (Å²) in [4.78, 5) is 2.41. The third-order valence-corrected chi connectivity index (χ3v) is 4.08. The number of alkyl halides is 2. The van der Waals surface area contributed by atoms with Crippen molar-refractivity contribution in [2.24, 2.45) is 0 Å². The summed E-state index contributed by atoms with van der Waals surface area (Å²) in [6.45, 7) is 2.14. The standard InChI is InChI=1S/C13H17Cl2N/c1-10-4-2-3-5-13(10)16-11(8-14)6-7-12(16)9-15/h2-5,11-12H,6-9H2,1H3. The Morgan fingerprint density at radius 2 is 1.69 bits per heavy atom. The van der Waals surface area contributed by atoms with Crippen LogP contribution in [0.1, 0.15) is 18.4 Å². The van der Waals surface area contributed by atoms with Gasteiger partial charge in [0.2, 0.25) is 0 Å². The molecular weight excluding hydrogens is 241 g/mol. The summed E-state index contributed by atoms with van der Waals surface area (Å²) in [5.41, 5.74) is 2.59. The SMILES string of the molecule is Cc1ccccc1N1C(CCl)CCC1CCl. The van der Waals surface area contributed by atoms with Crippen molar-refractivity contribution in [3.05, 3.63) is 29.8 Å². The Morgan fingerprint density at radius 3 is 2.19 bits per heavy atom. The summed E-state index contributed by atoms with van der Waals surface area (Å²) in [6.07, 6.45) is 2.30. The minimum atomic E-state index is 0.437. The van der Waals surface area contributed by atoms with Gasteiger partial charge in [0.05, 0.1) is 0 Å². The molecule has 0 bridgehead atoms. The van der Waals surface area contributed by atoms with E-state index in [4.69, 9.17) is 23.2 Å². The molecule has 88 valence electrons. The minimum absolute atomic E-state index is 0.437. The van der Waals surface area contributed by atoms with Gasteiger partial charge in [-0.05, 0) is 31.4 Å². The molecule has 16 heavy (non-hydrogen) atoms. The normalized spacial score (nSPS) is 25.1. The maximum Gasteiger partial charge on any atom is 0.0429 e. The molecule has 0 saturated carbocycles. The van der Waals surface area contributed by atoms with E-state index in [-0.39, 0.29) is 0 Å². The van der Waals surface area contributed by atoms with Crippen LogP contribution in [0.2, 0.25) is 0 Å². The fourth-order valence-electron chi connectivity index (χ4n) is 2.51. The van der Waals surface area contributed by atoms with Crippen molar-refractivity contribution < 1.29 is 0 Å². The minimum Gasteiger partial charge on any atom is -0.363 e. The first kappa shape index (κ1) is 12.1. The van der Waals surface area contributed by atoms with Crippen LogP contribution in [0.25, 0.3) is 0 Å². The number of halogens is 2. The van der Waals surface area contributed by atoms with Crippen molar-refractivity contribution >= 4 is 28.9 Å². The van der Waals surface area contributed by atoms with Gasteiger partial charge in [-0.15, -0.1) is 23.2 Å². The number of hydrogen-bond donors (Lipinski definition) is 0. The molecule has 1 aromatic rings. The fraction of sp³-hybridized carbons (Fsp3) is 0.538. The summed E-state index contributed by atoms with van der Waals surface area (Å²) in [5, 5.41) is 0. The van der Waals surface area contributed by atoms with Crippen molar-refractivity contribution in [1.29, 1.82) is 0 Å². The first-order valence-corrected chi connectivity index (χ1v) is 6.80. The highest BCUT2D eigenvalue weighted by Crippen LogP contribution is 2.33. The maximum absolute atomic E-state index is 6.04. The predicted octanol–water partition coefficient (Wildman–Crippen LogP) is 3.81. The van der Waals surface area contributed by atoms with E-state index >= 15 is 0 Å². The van der Waals surface area contributed by atoms with E-state index in [0.29, 0.717) is 23.8 Å². The lowest BCUT2D eigenvalue weighted by molar-refractivity contribution is 0.699. The fourth-order valence-corrected chi connectivity index (χ4v) is 3.12. The highest BCUT2D eigenvalue weighted by molar-refractivity contribution is 6.19. The van der Waals surface area contributed by atoms with Gasteiger partial charge in [-0.1, -0.05) is 18.2 Å². The topological polar surface area (TPSA) is 3.24 Å². The summed E-state index contributed by atoms with van der Waals surface area (Å²) >= 11 is 12.1. The molecule has 1 nitrogen and oxygen atoms in total. The second-order valence-electron chi connectivity index (χ2n) is 4.39. The van der Waals surface area contributed by atoms with Crippen LogP contribution in [0.15, 0.2) is 24.3 Å². The number of benzene rings is 1. The second kappa shape index (κ2) is 5.29. The smallest absolute Gasteiger partial charge is 0.0429 e. The number of nitrogens with zero attached hydrogens (tertiary/aromatic N) is 1. The molecule has 0 aliphatic carbocycles. The van der Waals surface area contributed by atoms with E-state index in [0.717, 1.165) is 12.8 Å². The second-order valence-corrected chi connectivity index (χ2v) is 5.00. The summed E-state index contributed by atoms with van der Waals surface area (Å²) in [5.74, 6) is 1.36. The molecule has 1 fully saturated rings. The quantitative estimate of drug-likeness (QED) is 0.745. The molecule has 2 unspecified atom stereocenters. The van der Waals surface area contributed by atoms with Gasteiger partial charge in [-0.25, -0.2) is 0 Å². The number of rotatable bonds is 3. The van der Waals surface area contributed by atoms with Gasteiger partial charge in [0.15, 0.2) is 0 Å². The predicted molar refractivity (Wildman–Crippen MR) is 71.9 cm³/mol. The molecule has 0 N–H and O–H groups in total. The molecular formula is C13H17Cl2N. The van der Waals surface area contributed by atoms with Crippen LogP contribution in [-0.2, 0) is 0 Å². The molecule has 1 aromatic carbocycles. The molecule has 0 radical (unpaired) electrons. The van der Waals surface area contributed by atoms with E-state index in [1.807, 2.05) is 0 Å². The zero-order valence-electron chi connectivity index (χ0n) is 9.50. The Kier molecular flexibility index (Phi) is 3.99. The molecule has 0 aromatic heterocycles. The molecule has 2 rings (SSSR count). The Hall–Kier alpha value is -0.400. The van der Waals surface area contributed by atoms with Crippen LogP contribution >= 0.6 is 23.2 Å². The van der Waals surface area contributed by atoms with Crippen molar-refractivity contribution in [1.82, 2.24) is 0 Å². The van der Waals surface area contributed by atoms with Crippen LogP contribution < -0.4 is 4.90 Å². The van der Waals surface area contributed by atoms with Crippen molar-refractivity contribution in [3.63, 3.8) is 0 Å². The molecule has 1 aliphatic heterocycles. The Labute approximate surface area is 107 Å². The molecule has 2 atom stereocenters. The third-order valence-electron chi connectivity index (χ3n) is 3.37. The molecule has 1 saturated heterocycles. The van der Waals surface area contributed by atoms with Gasteiger partial charge < -0.3 is 4.90 Å². The lowest BCUT2D eigenvalue weighted by atomic mass is 10.1. The van der Waals surface area contributed by atoms with Gasteiger partial charge >= 0.3 is 0 Å². The Morgan fingerprint density at radius 1 is 1.12 bits per heavy atom. The van der Waals surface area contributed by atoms with Crippen LogP contribution in [0, 0.1) is 6.92 Å². The van der Waals surface area contributed by atoms with Crippen LogP contribution in [-0.4, -0.2) is 23.8 Å². The van der Waals surface area contributed by atoms with Gasteiger partial charge in [-0.2, -0.15) is 0 Å². The molecule has 0 amide bonds. The monoisotopic (exact) mass is 257 g/mol. The zero-order chi connectivity index (χ0) is 11.5. The van der Waals surface area contributed by atoms with Crippen LogP contribution in [0.4, 0.5) is 5.69 Å². The average Bonchev–Trinajstić information content (AvgIpc) is 2.72. The average molecular weight is 258 g/mol. The van der Waals surface area contributed by atoms with Gasteiger partial charge in [0.1, 0.15) is 0 Å². The van der Waals surface area contributed by atoms with Gasteiger partial charge in [-0.3, -0.25) is 0 Å². The molecule has 1 heterocycles. The van der Waals surface area contributed by atoms with Crippen LogP contribution in [0.5, 0.6) is 0 Å². The molecule has 1 aliphatic rings. The van der Waals surface area contributed by atoms with E-state index in [1.165, 1.54) is 11.3 Å². The first-order valence-electron chi connectivity index (χ1n) is 5.73. The highest BCUT2D eigenvalue weighted by atomic mass is 35.5. The lowest BCUT2D eigenvalue weighted by Crippen LogP contribution is -2.38. The first-order chi connectivity index (χ1) is 7.77. The number of hydrogen-bond acceptors (Lipinski definition) is 1. The van der Waals surface area contributed by atoms with Gasteiger partial charge in [0, 0.05) is 29.5 Å². The molecule has 3 heteroatoms. The number of para-hydroxylation sites is 1. The zero-order valence-corrected chi connectivity index (χ0v) is 11.0. The maximum atomic E-state index is 6.04. The Bertz CT molecular complexity index is 342. The van der Waals surface area contributed by atoms with E-state index in [9.17, 15) is 0 Å². The Balaban J connectivity index is 2.32. The van der Waals surface area contributed by atoms with E-state index in [1.54, 1.807) is 0 Å². The number of aryl methyl sites for hydroxylation is 1. The van der Waals surface area contributed by atoms with E-state index in [2.05, 4.69) is 36.1 Å². The third kappa shape index (κ3) is 2.16.